The molecule has 0 aliphatic carbocycles. The molecule has 3 aromatic carbocycles. The Labute approximate surface area is 175 Å². The van der Waals surface area contributed by atoms with Crippen molar-refractivity contribution in [2.75, 3.05) is 0 Å². The van der Waals surface area contributed by atoms with Gasteiger partial charge in [-0.15, -0.1) is 11.8 Å². The van der Waals surface area contributed by atoms with Crippen molar-refractivity contribution >= 4 is 56.7 Å². The monoisotopic (exact) mass is 464 g/mol. The molecule has 0 saturated heterocycles. The van der Waals surface area contributed by atoms with Crippen LogP contribution in [0.5, 0.6) is 0 Å². The lowest BCUT2D eigenvalue weighted by Crippen LogP contribution is -2.05. The average molecular weight is 466 g/mol. The highest BCUT2D eigenvalue weighted by molar-refractivity contribution is 9.10. The summed E-state index contributed by atoms with van der Waals surface area (Å²) in [5.41, 5.74) is 1.78. The lowest BCUT2D eigenvalue weighted by atomic mass is 10.0. The first kappa shape index (κ1) is 19.5. The first-order chi connectivity index (χ1) is 12.5. The Balaban J connectivity index is 1.87. The van der Waals surface area contributed by atoms with Gasteiger partial charge in [0.05, 0.1) is 10.0 Å². The van der Waals surface area contributed by atoms with Crippen molar-refractivity contribution in [3.63, 3.8) is 0 Å². The molecule has 0 aliphatic heterocycles. The zero-order chi connectivity index (χ0) is 18.5. The summed E-state index contributed by atoms with van der Waals surface area (Å²) in [5.74, 6) is 0.0944. The predicted octanol–water partition coefficient (Wildman–Crippen LogP) is 7.86. The normalized spacial score (nSPS) is 12.0. The molecular weight excluding hydrogens is 451 g/mol. The van der Waals surface area contributed by atoms with Gasteiger partial charge in [-0.1, -0.05) is 87.7 Å². The van der Waals surface area contributed by atoms with E-state index < -0.39 is 0 Å². The second-order valence-corrected chi connectivity index (χ2v) is 8.65. The van der Waals surface area contributed by atoms with Gasteiger partial charge in [0.15, 0.2) is 5.78 Å². The topological polar surface area (TPSA) is 17.1 Å². The van der Waals surface area contributed by atoms with Crippen molar-refractivity contribution in [3.8, 4) is 0 Å². The van der Waals surface area contributed by atoms with Crippen LogP contribution < -0.4 is 0 Å². The van der Waals surface area contributed by atoms with E-state index in [1.165, 1.54) is 0 Å². The second-order valence-electron chi connectivity index (χ2n) is 5.70. The minimum Gasteiger partial charge on any atom is -0.294 e. The molecule has 0 heterocycles. The summed E-state index contributed by atoms with van der Waals surface area (Å²) in [6, 6.07) is 23.0. The van der Waals surface area contributed by atoms with Gasteiger partial charge in [-0.25, -0.2) is 0 Å². The van der Waals surface area contributed by atoms with Crippen LogP contribution in [0.15, 0.2) is 82.2 Å². The number of Topliss-reactive ketones (excluding diaryl/α,β-unsaturated/α-hetero) is 1. The van der Waals surface area contributed by atoms with Crippen LogP contribution in [0.3, 0.4) is 0 Å². The molecule has 0 amide bonds. The lowest BCUT2D eigenvalue weighted by molar-refractivity contribution is 0.0982. The standard InChI is InChI=1S/C21H15BrCl2OS/c22-16-11-9-14(10-12-16)18(25)13-20(15-5-2-1-3-6-15)26-19-8-4-7-17(23)21(19)24/h1-12,20H,13H2/t20-/m1/s1. The molecular formula is C21H15BrCl2OS. The Bertz CT molecular complexity index is 898. The highest BCUT2D eigenvalue weighted by atomic mass is 79.9. The summed E-state index contributed by atoms with van der Waals surface area (Å²) >= 11 is 17.5. The van der Waals surface area contributed by atoms with Crippen molar-refractivity contribution in [2.45, 2.75) is 16.6 Å². The Hall–Kier alpha value is -1.26. The van der Waals surface area contributed by atoms with Crippen LogP contribution in [-0.4, -0.2) is 5.78 Å². The number of carbonyl (C=O) groups excluding carboxylic acids is 1. The van der Waals surface area contributed by atoms with Gasteiger partial charge in [0.1, 0.15) is 0 Å². The fraction of sp³-hybridized carbons (Fsp3) is 0.0952. The van der Waals surface area contributed by atoms with Gasteiger partial charge in [0, 0.05) is 26.6 Å². The molecule has 0 bridgehead atoms. The van der Waals surface area contributed by atoms with E-state index in [2.05, 4.69) is 15.9 Å². The van der Waals surface area contributed by atoms with E-state index >= 15 is 0 Å². The van der Waals surface area contributed by atoms with Crippen molar-refractivity contribution in [1.29, 1.82) is 0 Å². The summed E-state index contributed by atoms with van der Waals surface area (Å²) in [7, 11) is 0. The largest absolute Gasteiger partial charge is 0.294 e. The number of rotatable bonds is 6. The number of halogens is 3. The molecule has 0 radical (unpaired) electrons. The summed E-state index contributed by atoms with van der Waals surface area (Å²) in [6.07, 6.45) is 0.374. The molecule has 0 spiro atoms. The van der Waals surface area contributed by atoms with Gasteiger partial charge in [-0.05, 0) is 29.8 Å². The van der Waals surface area contributed by atoms with Crippen LogP contribution in [0.4, 0.5) is 0 Å². The second kappa shape index (κ2) is 9.09. The molecule has 26 heavy (non-hydrogen) atoms. The van der Waals surface area contributed by atoms with Crippen LogP contribution in [0.2, 0.25) is 10.0 Å². The minimum atomic E-state index is -0.0525. The van der Waals surface area contributed by atoms with E-state index in [0.29, 0.717) is 22.0 Å². The molecule has 5 heteroatoms. The van der Waals surface area contributed by atoms with E-state index in [0.717, 1.165) is 14.9 Å². The zero-order valence-corrected chi connectivity index (χ0v) is 17.6. The third-order valence-electron chi connectivity index (χ3n) is 3.89. The van der Waals surface area contributed by atoms with Crippen LogP contribution in [0.1, 0.15) is 27.6 Å². The van der Waals surface area contributed by atoms with Crippen molar-refractivity contribution < 1.29 is 4.79 Å². The number of hydrogen-bond acceptors (Lipinski definition) is 2. The number of carbonyl (C=O) groups is 1. The molecule has 3 aromatic rings. The molecule has 3 rings (SSSR count). The zero-order valence-electron chi connectivity index (χ0n) is 13.7. The summed E-state index contributed by atoms with van der Waals surface area (Å²) in [5, 5.41) is 0.988. The lowest BCUT2D eigenvalue weighted by Gasteiger charge is -2.18. The van der Waals surface area contributed by atoms with E-state index in [-0.39, 0.29) is 11.0 Å². The Morgan fingerprint density at radius 3 is 2.31 bits per heavy atom. The Morgan fingerprint density at radius 2 is 1.62 bits per heavy atom. The number of benzene rings is 3. The highest BCUT2D eigenvalue weighted by Gasteiger charge is 2.20. The third-order valence-corrected chi connectivity index (χ3v) is 6.67. The summed E-state index contributed by atoms with van der Waals surface area (Å²) < 4.78 is 0.953. The average Bonchev–Trinajstić information content (AvgIpc) is 2.66. The molecule has 132 valence electrons. The molecule has 1 atom stereocenters. The minimum absolute atomic E-state index is 0.0525. The fourth-order valence-corrected chi connectivity index (χ4v) is 4.51. The molecule has 0 saturated carbocycles. The third kappa shape index (κ3) is 4.92. The SMILES string of the molecule is O=C(C[C@@H](Sc1cccc(Cl)c1Cl)c1ccccc1)c1ccc(Br)cc1. The number of ketones is 1. The molecule has 1 nitrogen and oxygen atoms in total. The number of thioether (sulfide) groups is 1. The van der Waals surface area contributed by atoms with E-state index in [9.17, 15) is 4.79 Å². The number of hydrogen-bond donors (Lipinski definition) is 0. The quantitative estimate of drug-likeness (QED) is 0.272. The maximum Gasteiger partial charge on any atom is 0.164 e. The fourth-order valence-electron chi connectivity index (χ4n) is 2.55. The highest BCUT2D eigenvalue weighted by Crippen LogP contribution is 2.43. The maximum atomic E-state index is 12.8. The van der Waals surface area contributed by atoms with Gasteiger partial charge in [-0.3, -0.25) is 4.79 Å². The predicted molar refractivity (Wildman–Crippen MR) is 115 cm³/mol. The van der Waals surface area contributed by atoms with Crippen LogP contribution >= 0.6 is 50.9 Å². The van der Waals surface area contributed by atoms with Crippen LogP contribution in [0.25, 0.3) is 0 Å². The van der Waals surface area contributed by atoms with Crippen LogP contribution in [-0.2, 0) is 0 Å². The first-order valence-corrected chi connectivity index (χ1v) is 10.4. The van der Waals surface area contributed by atoms with Crippen LogP contribution in [0, 0.1) is 0 Å². The molecule has 0 aromatic heterocycles. The van der Waals surface area contributed by atoms with Gasteiger partial charge in [0.2, 0.25) is 0 Å². The summed E-state index contributed by atoms with van der Waals surface area (Å²) in [6.45, 7) is 0. The summed E-state index contributed by atoms with van der Waals surface area (Å²) in [4.78, 5) is 13.7. The van der Waals surface area contributed by atoms with E-state index in [1.807, 2.05) is 66.7 Å². The van der Waals surface area contributed by atoms with Gasteiger partial charge in [0.25, 0.3) is 0 Å². The first-order valence-electron chi connectivity index (χ1n) is 7.99. The molecule has 0 unspecified atom stereocenters. The molecule has 0 N–H and O–H groups in total. The van der Waals surface area contributed by atoms with Gasteiger partial charge < -0.3 is 0 Å². The van der Waals surface area contributed by atoms with Crippen molar-refractivity contribution in [2.24, 2.45) is 0 Å². The Morgan fingerprint density at radius 1 is 0.923 bits per heavy atom. The van der Waals surface area contributed by atoms with Crippen molar-refractivity contribution in [1.82, 2.24) is 0 Å². The Kier molecular flexibility index (Phi) is 6.82. The molecule has 0 fully saturated rings. The van der Waals surface area contributed by atoms with E-state index in [4.69, 9.17) is 23.2 Å². The van der Waals surface area contributed by atoms with Crippen molar-refractivity contribution in [3.05, 3.63) is 98.4 Å². The molecule has 0 aliphatic rings. The maximum absolute atomic E-state index is 12.8. The smallest absolute Gasteiger partial charge is 0.164 e. The van der Waals surface area contributed by atoms with E-state index in [1.54, 1.807) is 17.8 Å². The van der Waals surface area contributed by atoms with Gasteiger partial charge >= 0.3 is 0 Å². The van der Waals surface area contributed by atoms with Gasteiger partial charge in [-0.2, -0.15) is 0 Å².